The molecule has 2 heteroatoms. The lowest BCUT2D eigenvalue weighted by Gasteiger charge is -2.13. The summed E-state index contributed by atoms with van der Waals surface area (Å²) >= 11 is 0. The Morgan fingerprint density at radius 1 is 1.31 bits per heavy atom. The van der Waals surface area contributed by atoms with Crippen LogP contribution in [0.2, 0.25) is 0 Å². The van der Waals surface area contributed by atoms with Crippen molar-refractivity contribution in [2.75, 3.05) is 0 Å². The molecule has 0 aromatic heterocycles. The number of fused-ring (bicyclic) bond motifs is 2. The lowest BCUT2D eigenvalue weighted by molar-refractivity contribution is -0.138. The van der Waals surface area contributed by atoms with Gasteiger partial charge in [0.25, 0.3) is 0 Å². The highest BCUT2D eigenvalue weighted by Crippen LogP contribution is 2.61. The van der Waals surface area contributed by atoms with E-state index in [0.717, 1.165) is 12.8 Å². The highest BCUT2D eigenvalue weighted by Gasteiger charge is 2.57. The van der Waals surface area contributed by atoms with Crippen LogP contribution in [0, 0.1) is 11.8 Å². The van der Waals surface area contributed by atoms with Crippen molar-refractivity contribution in [2.24, 2.45) is 11.8 Å². The maximum Gasteiger partial charge on any atom is 0.307 e. The molecule has 0 unspecified atom stereocenters. The molecule has 0 saturated heterocycles. The number of hydrogen-bond donors (Lipinski definition) is 1. The SMILES string of the molecule is O=C(O)[C@@H]1[C@H]2C=C3CCc4cccc(c43)[C@@H]21. The van der Waals surface area contributed by atoms with Gasteiger partial charge in [0.1, 0.15) is 0 Å². The first-order valence-corrected chi connectivity index (χ1v) is 5.83. The van der Waals surface area contributed by atoms with Crippen molar-refractivity contribution in [1.29, 1.82) is 0 Å². The summed E-state index contributed by atoms with van der Waals surface area (Å²) in [7, 11) is 0. The molecule has 0 aliphatic heterocycles. The van der Waals surface area contributed by atoms with Crippen LogP contribution < -0.4 is 0 Å². The average Bonchev–Trinajstić information content (AvgIpc) is 2.86. The smallest absolute Gasteiger partial charge is 0.307 e. The molecule has 3 aliphatic carbocycles. The van der Waals surface area contributed by atoms with Crippen LogP contribution in [0.1, 0.15) is 29.0 Å². The van der Waals surface area contributed by atoms with Crippen LogP contribution in [0.25, 0.3) is 5.57 Å². The minimum atomic E-state index is -0.635. The summed E-state index contributed by atoms with van der Waals surface area (Å²) < 4.78 is 0. The average molecular weight is 212 g/mol. The van der Waals surface area contributed by atoms with Gasteiger partial charge in [-0.15, -0.1) is 0 Å². The van der Waals surface area contributed by atoms with Gasteiger partial charge in [-0.2, -0.15) is 0 Å². The molecule has 16 heavy (non-hydrogen) atoms. The molecule has 1 N–H and O–H groups in total. The molecule has 80 valence electrons. The Morgan fingerprint density at radius 2 is 2.19 bits per heavy atom. The Balaban J connectivity index is 1.93. The second-order valence-corrected chi connectivity index (χ2v) is 5.04. The van der Waals surface area contributed by atoms with Gasteiger partial charge in [-0.3, -0.25) is 4.79 Å². The van der Waals surface area contributed by atoms with E-state index in [1.165, 1.54) is 22.3 Å². The predicted molar refractivity (Wildman–Crippen MR) is 60.1 cm³/mol. The second kappa shape index (κ2) is 2.57. The van der Waals surface area contributed by atoms with Crippen LogP contribution in [0.15, 0.2) is 24.3 Å². The quantitative estimate of drug-likeness (QED) is 0.776. The van der Waals surface area contributed by atoms with Gasteiger partial charge < -0.3 is 5.11 Å². The molecule has 3 atom stereocenters. The van der Waals surface area contributed by atoms with Crippen molar-refractivity contribution in [2.45, 2.75) is 18.8 Å². The van der Waals surface area contributed by atoms with E-state index in [2.05, 4.69) is 24.3 Å². The van der Waals surface area contributed by atoms with Crippen molar-refractivity contribution in [3.8, 4) is 0 Å². The van der Waals surface area contributed by atoms with Gasteiger partial charge in [0.2, 0.25) is 0 Å². The normalized spacial score (nSPS) is 32.8. The van der Waals surface area contributed by atoms with Crippen LogP contribution in [-0.2, 0) is 11.2 Å². The number of benzene rings is 1. The second-order valence-electron chi connectivity index (χ2n) is 5.04. The van der Waals surface area contributed by atoms with Gasteiger partial charge in [-0.25, -0.2) is 0 Å². The van der Waals surface area contributed by atoms with Crippen LogP contribution in [0.3, 0.4) is 0 Å². The number of carboxylic acid groups (broad SMARTS) is 1. The minimum absolute atomic E-state index is 0.162. The zero-order chi connectivity index (χ0) is 10.9. The number of hydrogen-bond acceptors (Lipinski definition) is 1. The van der Waals surface area contributed by atoms with Gasteiger partial charge in [-0.1, -0.05) is 24.3 Å². The molecule has 0 heterocycles. The fourth-order valence-corrected chi connectivity index (χ4v) is 3.55. The summed E-state index contributed by atoms with van der Waals surface area (Å²) in [6, 6.07) is 6.38. The Bertz CT molecular complexity index is 542. The molecule has 4 rings (SSSR count). The third kappa shape index (κ3) is 0.861. The van der Waals surface area contributed by atoms with Gasteiger partial charge in [-0.05, 0) is 41.0 Å². The molecule has 0 bridgehead atoms. The first-order valence-electron chi connectivity index (χ1n) is 5.83. The number of carbonyl (C=O) groups is 1. The zero-order valence-corrected chi connectivity index (χ0v) is 8.81. The van der Waals surface area contributed by atoms with Crippen LogP contribution in [-0.4, -0.2) is 11.1 Å². The van der Waals surface area contributed by atoms with E-state index in [1.54, 1.807) is 0 Å². The van der Waals surface area contributed by atoms with E-state index in [9.17, 15) is 4.79 Å². The molecule has 0 spiro atoms. The molecule has 0 amide bonds. The predicted octanol–water partition coefficient (Wildman–Crippen LogP) is 2.44. The highest BCUT2D eigenvalue weighted by atomic mass is 16.4. The third-order valence-electron chi connectivity index (χ3n) is 4.28. The van der Waals surface area contributed by atoms with E-state index >= 15 is 0 Å². The van der Waals surface area contributed by atoms with Gasteiger partial charge in [0.05, 0.1) is 5.92 Å². The molecule has 1 fully saturated rings. The first-order chi connectivity index (χ1) is 7.77. The topological polar surface area (TPSA) is 37.3 Å². The third-order valence-corrected chi connectivity index (χ3v) is 4.28. The van der Waals surface area contributed by atoms with Crippen molar-refractivity contribution in [1.82, 2.24) is 0 Å². The van der Waals surface area contributed by atoms with Gasteiger partial charge >= 0.3 is 5.97 Å². The highest BCUT2D eigenvalue weighted by molar-refractivity contribution is 5.85. The van der Waals surface area contributed by atoms with E-state index in [1.807, 2.05) is 0 Å². The van der Waals surface area contributed by atoms with Crippen LogP contribution in [0.4, 0.5) is 0 Å². The number of rotatable bonds is 1. The summed E-state index contributed by atoms with van der Waals surface area (Å²) in [5, 5.41) is 9.15. The summed E-state index contributed by atoms with van der Waals surface area (Å²) in [4.78, 5) is 11.1. The van der Waals surface area contributed by atoms with Crippen LogP contribution >= 0.6 is 0 Å². The standard InChI is InChI=1S/C14H12O2/c15-14(16)13-10-6-8-5-4-7-2-1-3-9(11(7)8)12(10)13/h1-3,6,10,12-13H,4-5H2,(H,15,16)/t10-,12-,13+/m0/s1. The molecule has 1 aromatic rings. The summed E-state index contributed by atoms with van der Waals surface area (Å²) in [5.74, 6) is -0.267. The van der Waals surface area contributed by atoms with Gasteiger partial charge in [0.15, 0.2) is 0 Å². The molecular formula is C14H12O2. The van der Waals surface area contributed by atoms with E-state index in [4.69, 9.17) is 5.11 Å². The van der Waals surface area contributed by atoms with Crippen molar-refractivity contribution in [3.05, 3.63) is 41.0 Å². The summed E-state index contributed by atoms with van der Waals surface area (Å²) in [6.07, 6.45) is 4.45. The minimum Gasteiger partial charge on any atom is -0.481 e. The molecule has 1 saturated carbocycles. The van der Waals surface area contributed by atoms with E-state index in [0.29, 0.717) is 0 Å². The molecular weight excluding hydrogens is 200 g/mol. The first kappa shape index (κ1) is 8.57. The number of allylic oxidation sites excluding steroid dienone is 2. The van der Waals surface area contributed by atoms with Crippen LogP contribution in [0.5, 0.6) is 0 Å². The number of aliphatic carboxylic acids is 1. The molecule has 1 aromatic carbocycles. The zero-order valence-electron chi connectivity index (χ0n) is 8.81. The van der Waals surface area contributed by atoms with Crippen molar-refractivity contribution < 1.29 is 9.90 Å². The number of carboxylic acids is 1. The Hall–Kier alpha value is -1.57. The Morgan fingerprint density at radius 3 is 3.00 bits per heavy atom. The summed E-state index contributed by atoms with van der Waals surface area (Å²) in [5.41, 5.74) is 5.49. The lowest BCUT2D eigenvalue weighted by atomic mass is 9.91. The maximum absolute atomic E-state index is 11.1. The monoisotopic (exact) mass is 212 g/mol. The Labute approximate surface area is 93.6 Å². The summed E-state index contributed by atoms with van der Waals surface area (Å²) in [6.45, 7) is 0. The van der Waals surface area contributed by atoms with E-state index in [-0.39, 0.29) is 17.8 Å². The molecule has 3 aliphatic rings. The fraction of sp³-hybridized carbons (Fsp3) is 0.357. The lowest BCUT2D eigenvalue weighted by Crippen LogP contribution is -2.00. The maximum atomic E-state index is 11.1. The largest absolute Gasteiger partial charge is 0.481 e. The van der Waals surface area contributed by atoms with Crippen molar-refractivity contribution >= 4 is 11.5 Å². The van der Waals surface area contributed by atoms with Crippen molar-refractivity contribution in [3.63, 3.8) is 0 Å². The molecule has 0 radical (unpaired) electrons. The number of aryl methyl sites for hydroxylation is 1. The fourth-order valence-electron chi connectivity index (χ4n) is 3.55. The van der Waals surface area contributed by atoms with Gasteiger partial charge in [0, 0.05) is 5.92 Å². The Kier molecular flexibility index (Phi) is 1.37. The molecule has 2 nitrogen and oxygen atoms in total. The van der Waals surface area contributed by atoms with E-state index < -0.39 is 5.97 Å².